The fraction of sp³-hybridized carbons (Fsp3) is 0.500. The van der Waals surface area contributed by atoms with Crippen LogP contribution in [0.5, 0.6) is 5.75 Å². The van der Waals surface area contributed by atoms with Crippen LogP contribution in [0.25, 0.3) is 0 Å². The largest absolute Gasteiger partial charge is 0.507 e. The van der Waals surface area contributed by atoms with Gasteiger partial charge in [-0.3, -0.25) is 4.79 Å². The minimum Gasteiger partial charge on any atom is -0.507 e. The van der Waals surface area contributed by atoms with E-state index in [1.54, 1.807) is 0 Å². The number of phenolic OH excluding ortho intramolecular Hbond substituents is 1. The summed E-state index contributed by atoms with van der Waals surface area (Å²) in [5, 5.41) is 28.8. The third kappa shape index (κ3) is 3.08. The van der Waals surface area contributed by atoms with Gasteiger partial charge in [-0.05, 0) is 31.4 Å². The van der Waals surface area contributed by atoms with Crippen molar-refractivity contribution in [3.8, 4) is 5.75 Å². The molecule has 20 heavy (non-hydrogen) atoms. The number of hydrogen-bond acceptors (Lipinski definition) is 4. The Hall–Kier alpha value is -1.66. The van der Waals surface area contributed by atoms with Crippen LogP contribution in [-0.4, -0.2) is 51.4 Å². The first-order valence-corrected chi connectivity index (χ1v) is 6.56. The van der Waals surface area contributed by atoms with Gasteiger partial charge in [0.2, 0.25) is 0 Å². The molecule has 1 aromatic carbocycles. The number of nitrogens with zero attached hydrogens (tertiary/aromatic N) is 1. The number of rotatable bonds is 2. The zero-order valence-corrected chi connectivity index (χ0v) is 11.0. The Kier molecular flexibility index (Phi) is 4.25. The maximum Gasteiger partial charge on any atom is 0.257 e. The molecule has 0 saturated carbocycles. The van der Waals surface area contributed by atoms with Gasteiger partial charge in [-0.1, -0.05) is 0 Å². The molecule has 5 nitrogen and oxygen atoms in total. The molecule has 3 N–H and O–H groups in total. The Morgan fingerprint density at radius 2 is 2.10 bits per heavy atom. The lowest BCUT2D eigenvalue weighted by Gasteiger charge is -2.24. The lowest BCUT2D eigenvalue weighted by atomic mass is 9.96. The number of halogens is 1. The predicted molar refractivity (Wildman–Crippen MR) is 69.9 cm³/mol. The number of carbonyl (C=O) groups is 1. The van der Waals surface area contributed by atoms with Crippen LogP contribution < -0.4 is 0 Å². The third-order valence-electron chi connectivity index (χ3n) is 3.69. The topological polar surface area (TPSA) is 81.0 Å². The van der Waals surface area contributed by atoms with Gasteiger partial charge in [0, 0.05) is 19.2 Å². The van der Waals surface area contributed by atoms with Gasteiger partial charge in [-0.2, -0.15) is 0 Å². The van der Waals surface area contributed by atoms with Gasteiger partial charge in [-0.15, -0.1) is 0 Å². The average molecular weight is 283 g/mol. The van der Waals surface area contributed by atoms with Gasteiger partial charge >= 0.3 is 0 Å². The molecule has 1 atom stereocenters. The highest BCUT2D eigenvalue weighted by molar-refractivity contribution is 5.96. The second kappa shape index (κ2) is 5.76. The zero-order chi connectivity index (χ0) is 14.8. The monoisotopic (exact) mass is 283 g/mol. The minimum atomic E-state index is -1.15. The average Bonchev–Trinajstić information content (AvgIpc) is 2.61. The van der Waals surface area contributed by atoms with Crippen LogP contribution in [0.1, 0.15) is 29.6 Å². The normalized spacial score (nSPS) is 23.4. The minimum absolute atomic E-state index is 0.0424. The maximum atomic E-state index is 12.9. The fourth-order valence-electron chi connectivity index (χ4n) is 2.40. The number of carbonyl (C=O) groups excluding carboxylic acids is 1. The first-order chi connectivity index (χ1) is 9.45. The highest BCUT2D eigenvalue weighted by Gasteiger charge is 2.31. The number of phenols is 1. The van der Waals surface area contributed by atoms with Crippen LogP contribution >= 0.6 is 0 Å². The van der Waals surface area contributed by atoms with Gasteiger partial charge in [0.15, 0.2) is 0 Å². The van der Waals surface area contributed by atoms with Gasteiger partial charge in [-0.25, -0.2) is 4.39 Å². The van der Waals surface area contributed by atoms with Crippen molar-refractivity contribution in [3.63, 3.8) is 0 Å². The summed E-state index contributed by atoms with van der Waals surface area (Å²) in [7, 11) is 0. The van der Waals surface area contributed by atoms with E-state index >= 15 is 0 Å². The second-order valence-corrected chi connectivity index (χ2v) is 5.19. The molecule has 0 spiro atoms. The smallest absolute Gasteiger partial charge is 0.257 e. The number of aromatic hydroxyl groups is 1. The SMILES string of the molecule is O=C(c1ccc(F)cc1O)N1CCCC(O)(CO)CC1. The number of aliphatic hydroxyl groups excluding tert-OH is 1. The molecular formula is C14H18FNO4. The quantitative estimate of drug-likeness (QED) is 0.752. The van der Waals surface area contributed by atoms with Crippen LogP contribution in [0.3, 0.4) is 0 Å². The molecule has 2 rings (SSSR count). The summed E-state index contributed by atoms with van der Waals surface area (Å²) in [4.78, 5) is 13.8. The van der Waals surface area contributed by atoms with Gasteiger partial charge < -0.3 is 20.2 Å². The van der Waals surface area contributed by atoms with E-state index in [0.717, 1.165) is 12.1 Å². The molecule has 0 aromatic heterocycles. The van der Waals surface area contributed by atoms with Gasteiger partial charge in [0.25, 0.3) is 5.91 Å². The van der Waals surface area contributed by atoms with E-state index in [1.165, 1.54) is 11.0 Å². The van der Waals surface area contributed by atoms with Crippen LogP contribution in [0.4, 0.5) is 4.39 Å². The van der Waals surface area contributed by atoms with Crippen LogP contribution in [0.2, 0.25) is 0 Å². The summed E-state index contributed by atoms with van der Waals surface area (Å²) < 4.78 is 12.9. The Morgan fingerprint density at radius 1 is 1.35 bits per heavy atom. The standard InChI is InChI=1S/C14H18FNO4/c15-10-2-3-11(12(18)8-10)13(19)16-6-1-4-14(20,9-17)5-7-16/h2-3,8,17-18,20H,1,4-7,9H2. The predicted octanol–water partition coefficient (Wildman–Crippen LogP) is 0.881. The molecule has 1 fully saturated rings. The molecule has 0 aliphatic carbocycles. The summed E-state index contributed by atoms with van der Waals surface area (Å²) in [5.74, 6) is -1.40. The first kappa shape index (κ1) is 14.7. The van der Waals surface area contributed by atoms with Gasteiger partial charge in [0.1, 0.15) is 11.6 Å². The van der Waals surface area contributed by atoms with Crippen molar-refractivity contribution < 1.29 is 24.5 Å². The van der Waals surface area contributed by atoms with Crippen LogP contribution in [0.15, 0.2) is 18.2 Å². The van der Waals surface area contributed by atoms with E-state index in [9.17, 15) is 19.4 Å². The molecule has 6 heteroatoms. The van der Waals surface area contributed by atoms with Crippen molar-refractivity contribution in [3.05, 3.63) is 29.6 Å². The number of hydrogen-bond donors (Lipinski definition) is 3. The number of aliphatic hydroxyl groups is 2. The van der Waals surface area contributed by atoms with Crippen molar-refractivity contribution in [1.82, 2.24) is 4.90 Å². The highest BCUT2D eigenvalue weighted by Crippen LogP contribution is 2.25. The first-order valence-electron chi connectivity index (χ1n) is 6.56. The Balaban J connectivity index is 2.13. The van der Waals surface area contributed by atoms with E-state index in [4.69, 9.17) is 5.11 Å². The molecule has 1 saturated heterocycles. The van der Waals surface area contributed by atoms with E-state index in [0.29, 0.717) is 19.4 Å². The van der Waals surface area contributed by atoms with E-state index in [-0.39, 0.29) is 25.1 Å². The van der Waals surface area contributed by atoms with Crippen LogP contribution in [-0.2, 0) is 0 Å². The zero-order valence-electron chi connectivity index (χ0n) is 11.0. The van der Waals surface area contributed by atoms with E-state index < -0.39 is 23.1 Å². The molecule has 0 bridgehead atoms. The lowest BCUT2D eigenvalue weighted by molar-refractivity contribution is -0.0250. The molecule has 110 valence electrons. The molecule has 0 radical (unpaired) electrons. The molecular weight excluding hydrogens is 265 g/mol. The second-order valence-electron chi connectivity index (χ2n) is 5.19. The van der Waals surface area contributed by atoms with Crippen molar-refractivity contribution in [2.45, 2.75) is 24.9 Å². The summed E-state index contributed by atoms with van der Waals surface area (Å²) >= 11 is 0. The lowest BCUT2D eigenvalue weighted by Crippen LogP contribution is -2.36. The summed E-state index contributed by atoms with van der Waals surface area (Å²) in [6.07, 6.45) is 1.25. The molecule has 1 unspecified atom stereocenters. The summed E-state index contributed by atoms with van der Waals surface area (Å²) in [5.41, 5.74) is -1.11. The Labute approximate surface area is 116 Å². The maximum absolute atomic E-state index is 12.9. The number of amides is 1. The Morgan fingerprint density at radius 3 is 2.75 bits per heavy atom. The van der Waals surface area contributed by atoms with Gasteiger partial charge in [0.05, 0.1) is 17.8 Å². The third-order valence-corrected chi connectivity index (χ3v) is 3.69. The van der Waals surface area contributed by atoms with Crippen LogP contribution in [0, 0.1) is 5.82 Å². The van der Waals surface area contributed by atoms with E-state index in [1.807, 2.05) is 0 Å². The van der Waals surface area contributed by atoms with E-state index in [2.05, 4.69) is 0 Å². The van der Waals surface area contributed by atoms with Crippen molar-refractivity contribution in [2.75, 3.05) is 19.7 Å². The summed E-state index contributed by atoms with van der Waals surface area (Å²) in [6.45, 7) is 0.376. The fourth-order valence-corrected chi connectivity index (χ4v) is 2.40. The molecule has 1 amide bonds. The molecule has 1 heterocycles. The number of likely N-dealkylation sites (tertiary alicyclic amines) is 1. The van der Waals surface area contributed by atoms with Crippen molar-refractivity contribution in [2.24, 2.45) is 0 Å². The molecule has 1 aliphatic heterocycles. The molecule has 1 aliphatic rings. The summed E-state index contributed by atoms with van der Waals surface area (Å²) in [6, 6.07) is 3.26. The van der Waals surface area contributed by atoms with Crippen molar-refractivity contribution in [1.29, 1.82) is 0 Å². The van der Waals surface area contributed by atoms with Crippen molar-refractivity contribution >= 4 is 5.91 Å². The molecule has 1 aromatic rings. The number of benzene rings is 1. The highest BCUT2D eigenvalue weighted by atomic mass is 19.1. The Bertz CT molecular complexity index is 508.